The predicted octanol–water partition coefficient (Wildman–Crippen LogP) is 4.87. The lowest BCUT2D eigenvalue weighted by atomic mass is 9.93. The van der Waals surface area contributed by atoms with Crippen LogP contribution < -0.4 is 10.6 Å². The number of anilines is 1. The summed E-state index contributed by atoms with van der Waals surface area (Å²) in [5, 5.41) is 4.75. The number of nitrogens with zero attached hydrogens (tertiary/aromatic N) is 5. The van der Waals surface area contributed by atoms with Gasteiger partial charge in [-0.3, -0.25) is 9.59 Å². The maximum absolute atomic E-state index is 15.5. The van der Waals surface area contributed by atoms with Crippen molar-refractivity contribution < 1.29 is 14.0 Å². The average molecular weight is 553 g/mol. The highest BCUT2D eigenvalue weighted by Gasteiger charge is 2.34. The largest absolute Gasteiger partial charge is 0.369 e. The molecule has 4 heterocycles. The summed E-state index contributed by atoms with van der Waals surface area (Å²) in [6.07, 6.45) is 3.53. The molecule has 2 fully saturated rings. The molecule has 2 aliphatic heterocycles. The van der Waals surface area contributed by atoms with E-state index in [4.69, 9.17) is 15.8 Å². The second kappa shape index (κ2) is 9.68. The van der Waals surface area contributed by atoms with E-state index in [-0.39, 0.29) is 29.8 Å². The number of rotatable bonds is 5. The minimum absolute atomic E-state index is 0.0421. The van der Waals surface area contributed by atoms with Crippen molar-refractivity contribution in [2.24, 2.45) is 11.7 Å². The molecule has 3 atom stereocenters. The zero-order valence-electron chi connectivity index (χ0n) is 23.3. The van der Waals surface area contributed by atoms with E-state index in [1.54, 1.807) is 16.6 Å². The first-order valence-corrected chi connectivity index (χ1v) is 14.4. The third-order valence-corrected chi connectivity index (χ3v) is 9.06. The molecular formula is C32H33FN6O2. The lowest BCUT2D eigenvalue weighted by Crippen LogP contribution is -2.39. The second-order valence-electron chi connectivity index (χ2n) is 11.8. The van der Waals surface area contributed by atoms with E-state index < -0.39 is 5.82 Å². The van der Waals surface area contributed by atoms with Gasteiger partial charge in [0.1, 0.15) is 11.5 Å². The van der Waals surface area contributed by atoms with Crippen LogP contribution in [0.15, 0.2) is 54.6 Å². The van der Waals surface area contributed by atoms with Gasteiger partial charge in [0.05, 0.1) is 17.7 Å². The molecule has 3 aliphatic rings. The Labute approximate surface area is 238 Å². The average Bonchev–Trinajstić information content (AvgIpc) is 3.60. The minimum Gasteiger partial charge on any atom is -0.369 e. The van der Waals surface area contributed by atoms with Crippen molar-refractivity contribution in [1.82, 2.24) is 19.5 Å². The Morgan fingerprint density at radius 3 is 2.59 bits per heavy atom. The Morgan fingerprint density at radius 2 is 1.85 bits per heavy atom. The van der Waals surface area contributed by atoms with E-state index >= 15 is 4.39 Å². The molecule has 2 N–H and O–H groups in total. The predicted molar refractivity (Wildman–Crippen MR) is 154 cm³/mol. The number of carbonyl (C=O) groups excluding carboxylic acids is 2. The van der Waals surface area contributed by atoms with Crippen LogP contribution in [0.1, 0.15) is 72.4 Å². The number of aromatic nitrogens is 3. The summed E-state index contributed by atoms with van der Waals surface area (Å²) >= 11 is 0. The molecule has 9 heteroatoms. The van der Waals surface area contributed by atoms with Gasteiger partial charge in [-0.2, -0.15) is 5.10 Å². The van der Waals surface area contributed by atoms with Gasteiger partial charge in [0.25, 0.3) is 5.91 Å². The summed E-state index contributed by atoms with van der Waals surface area (Å²) in [7, 11) is 0. The molecule has 2 amide bonds. The molecule has 2 aromatic heterocycles. The highest BCUT2D eigenvalue weighted by atomic mass is 19.1. The van der Waals surface area contributed by atoms with Crippen molar-refractivity contribution >= 4 is 23.1 Å². The molecule has 4 aromatic rings. The summed E-state index contributed by atoms with van der Waals surface area (Å²) in [5.41, 5.74) is 11.4. The monoisotopic (exact) mass is 552 g/mol. The van der Waals surface area contributed by atoms with Crippen LogP contribution in [0.4, 0.5) is 10.1 Å². The first kappa shape index (κ1) is 25.7. The van der Waals surface area contributed by atoms with Crippen LogP contribution in [0, 0.1) is 11.7 Å². The number of nitrogens with two attached hydrogens (primary N) is 1. The Morgan fingerprint density at radius 1 is 1.05 bits per heavy atom. The third-order valence-electron chi connectivity index (χ3n) is 9.06. The summed E-state index contributed by atoms with van der Waals surface area (Å²) in [6.45, 7) is 5.21. The maximum atomic E-state index is 15.5. The summed E-state index contributed by atoms with van der Waals surface area (Å²) in [5.74, 6) is -0.744. The molecule has 0 radical (unpaired) electrons. The van der Waals surface area contributed by atoms with Gasteiger partial charge in [-0.05, 0) is 74.9 Å². The number of amides is 2. The molecular weight excluding hydrogens is 519 g/mol. The normalized spacial score (nSPS) is 22.3. The van der Waals surface area contributed by atoms with Crippen molar-refractivity contribution in [1.29, 1.82) is 0 Å². The minimum atomic E-state index is -0.397. The van der Waals surface area contributed by atoms with E-state index in [2.05, 4.69) is 19.1 Å². The summed E-state index contributed by atoms with van der Waals surface area (Å²) < 4.78 is 17.3. The van der Waals surface area contributed by atoms with Gasteiger partial charge in [0, 0.05) is 48.1 Å². The Balaban J connectivity index is 1.21. The van der Waals surface area contributed by atoms with Crippen molar-refractivity contribution in [3.63, 3.8) is 0 Å². The quantitative estimate of drug-likeness (QED) is 0.381. The maximum Gasteiger partial charge on any atom is 0.273 e. The molecule has 41 heavy (non-hydrogen) atoms. The fraction of sp³-hybridized carbons (Fsp3) is 0.375. The molecule has 7 rings (SSSR count). The molecule has 2 aromatic carbocycles. The smallest absolute Gasteiger partial charge is 0.273 e. The van der Waals surface area contributed by atoms with Gasteiger partial charge in [0.2, 0.25) is 5.91 Å². The number of benzene rings is 2. The topological polar surface area (TPSA) is 96.8 Å². The van der Waals surface area contributed by atoms with Crippen molar-refractivity contribution in [2.45, 2.75) is 57.5 Å². The van der Waals surface area contributed by atoms with Gasteiger partial charge < -0.3 is 15.5 Å². The Hall–Kier alpha value is -4.27. The SMILES string of the molecule is C[C@@H]1c2ccccc2CCN1C(=O)c1cc(C2CC2)n2nc(-c3ccc(N4CC(C(N)=O)C[C@H]4C)cc3F)cc2n1. The molecule has 0 bridgehead atoms. The van der Waals surface area contributed by atoms with Crippen LogP contribution >= 0.6 is 0 Å². The van der Waals surface area contributed by atoms with Gasteiger partial charge >= 0.3 is 0 Å². The number of halogens is 1. The van der Waals surface area contributed by atoms with Gasteiger partial charge in [-0.25, -0.2) is 13.9 Å². The molecule has 0 spiro atoms. The summed E-state index contributed by atoms with van der Waals surface area (Å²) in [4.78, 5) is 34.1. The van der Waals surface area contributed by atoms with E-state index in [1.165, 1.54) is 17.2 Å². The van der Waals surface area contributed by atoms with Crippen LogP contribution in [-0.2, 0) is 11.2 Å². The highest BCUT2D eigenvalue weighted by Crippen LogP contribution is 2.41. The van der Waals surface area contributed by atoms with Crippen LogP contribution in [0.5, 0.6) is 0 Å². The van der Waals surface area contributed by atoms with E-state index in [9.17, 15) is 9.59 Å². The molecule has 8 nitrogen and oxygen atoms in total. The Bertz CT molecular complexity index is 1700. The molecule has 210 valence electrons. The van der Waals surface area contributed by atoms with Gasteiger partial charge in [-0.1, -0.05) is 24.3 Å². The number of primary amides is 1. The van der Waals surface area contributed by atoms with Crippen molar-refractivity contribution in [3.8, 4) is 11.3 Å². The molecule has 1 saturated carbocycles. The Kier molecular flexibility index (Phi) is 6.06. The lowest BCUT2D eigenvalue weighted by molar-refractivity contribution is -0.121. The molecule has 1 unspecified atom stereocenters. The van der Waals surface area contributed by atoms with Crippen molar-refractivity contribution in [2.75, 3.05) is 18.0 Å². The zero-order valence-corrected chi connectivity index (χ0v) is 23.3. The fourth-order valence-electron chi connectivity index (χ4n) is 6.59. The van der Waals surface area contributed by atoms with E-state index in [1.807, 2.05) is 41.0 Å². The van der Waals surface area contributed by atoms with E-state index in [0.29, 0.717) is 53.7 Å². The number of carbonyl (C=O) groups is 2. The van der Waals surface area contributed by atoms with E-state index in [0.717, 1.165) is 25.0 Å². The first-order valence-electron chi connectivity index (χ1n) is 14.4. The lowest BCUT2D eigenvalue weighted by Gasteiger charge is -2.35. The molecule has 1 aliphatic carbocycles. The number of hydrogen-bond acceptors (Lipinski definition) is 5. The fourth-order valence-corrected chi connectivity index (χ4v) is 6.59. The highest BCUT2D eigenvalue weighted by molar-refractivity contribution is 5.93. The van der Waals surface area contributed by atoms with Crippen LogP contribution in [0.25, 0.3) is 16.9 Å². The third kappa shape index (κ3) is 4.44. The van der Waals surface area contributed by atoms with Gasteiger partial charge in [-0.15, -0.1) is 0 Å². The molecule has 1 saturated heterocycles. The number of fused-ring (bicyclic) bond motifs is 2. The first-order chi connectivity index (χ1) is 19.8. The van der Waals surface area contributed by atoms with Crippen LogP contribution in [-0.4, -0.2) is 50.4 Å². The summed E-state index contributed by atoms with van der Waals surface area (Å²) in [6, 6.07) is 17.1. The standard InChI is InChI=1S/C32H33FN6O2/c1-18-13-22(31(34)40)17-38(18)23-9-10-25(26(33)14-23)27-16-30-35-28(15-29(21-7-8-21)39(30)36-27)32(41)37-12-11-20-5-3-4-6-24(20)19(37)2/h3-6,9-10,14-16,18-19,21-22H,7-8,11-13,17H2,1-2H3,(H2,34,40)/t18-,19-,22?/m1/s1. The van der Waals surface area contributed by atoms with Gasteiger partial charge in [0.15, 0.2) is 5.65 Å². The second-order valence-corrected chi connectivity index (χ2v) is 11.8. The van der Waals surface area contributed by atoms with Crippen molar-refractivity contribution in [3.05, 3.63) is 82.9 Å². The number of hydrogen-bond donors (Lipinski definition) is 1. The zero-order chi connectivity index (χ0) is 28.4. The van der Waals surface area contributed by atoms with Crippen LogP contribution in [0.2, 0.25) is 0 Å². The van der Waals surface area contributed by atoms with Crippen LogP contribution in [0.3, 0.4) is 0 Å².